The summed E-state index contributed by atoms with van der Waals surface area (Å²) in [6.45, 7) is 3.39. The number of carbonyl (C=O) groups excluding carboxylic acids is 1. The maximum absolute atomic E-state index is 12.5. The minimum absolute atomic E-state index is 0.0850. The number of hydrogen-bond donors (Lipinski definition) is 0. The lowest BCUT2D eigenvalue weighted by Crippen LogP contribution is -2.41. The van der Waals surface area contributed by atoms with E-state index in [1.54, 1.807) is 6.20 Å². The molecule has 0 aliphatic carbocycles. The molecule has 0 spiro atoms. The molecule has 1 amide bonds. The van der Waals surface area contributed by atoms with Crippen molar-refractivity contribution in [2.45, 2.75) is 25.9 Å². The zero-order valence-corrected chi connectivity index (χ0v) is 14.6. The van der Waals surface area contributed by atoms with Crippen molar-refractivity contribution in [1.82, 2.24) is 9.88 Å². The summed E-state index contributed by atoms with van der Waals surface area (Å²) in [4.78, 5) is 18.6. The second-order valence-electron chi connectivity index (χ2n) is 5.76. The van der Waals surface area contributed by atoms with E-state index in [0.29, 0.717) is 0 Å². The molecule has 1 fully saturated rings. The number of aromatic nitrogens is 1. The summed E-state index contributed by atoms with van der Waals surface area (Å²) in [7, 11) is 0. The quantitative estimate of drug-likeness (QED) is 0.819. The first-order valence-corrected chi connectivity index (χ1v) is 8.55. The van der Waals surface area contributed by atoms with E-state index < -0.39 is 0 Å². The highest BCUT2D eigenvalue weighted by molar-refractivity contribution is 9.10. The molecule has 0 saturated carbocycles. The van der Waals surface area contributed by atoms with Crippen LogP contribution in [0.25, 0.3) is 0 Å². The highest BCUT2D eigenvalue weighted by atomic mass is 79.9. The summed E-state index contributed by atoms with van der Waals surface area (Å²) < 4.78 is 6.88. The predicted molar refractivity (Wildman–Crippen MR) is 92.7 cm³/mol. The Morgan fingerprint density at radius 3 is 2.70 bits per heavy atom. The van der Waals surface area contributed by atoms with E-state index in [9.17, 15) is 4.79 Å². The number of benzene rings is 1. The zero-order chi connectivity index (χ0) is 16.2. The minimum Gasteiger partial charge on any atom is -0.489 e. The monoisotopic (exact) mass is 374 g/mol. The normalized spacial score (nSPS) is 15.5. The fraction of sp³-hybridized carbons (Fsp3) is 0.333. The Bertz CT molecular complexity index is 680. The molecule has 2 heterocycles. The number of likely N-dealkylation sites (tertiary alicyclic amines) is 1. The lowest BCUT2D eigenvalue weighted by molar-refractivity contribution is 0.0595. The molecule has 0 bridgehead atoms. The van der Waals surface area contributed by atoms with Gasteiger partial charge in [0.15, 0.2) is 0 Å². The molecular weight excluding hydrogens is 356 g/mol. The molecule has 3 rings (SSSR count). The summed E-state index contributed by atoms with van der Waals surface area (Å²) in [6, 6.07) is 11.4. The lowest BCUT2D eigenvalue weighted by atomic mass is 10.1. The number of piperidine rings is 1. The van der Waals surface area contributed by atoms with Crippen LogP contribution in [0.15, 0.2) is 47.1 Å². The number of hydrogen-bond acceptors (Lipinski definition) is 3. The molecule has 1 aromatic carbocycles. The van der Waals surface area contributed by atoms with Gasteiger partial charge in [-0.05, 0) is 37.3 Å². The molecule has 120 valence electrons. The van der Waals surface area contributed by atoms with Crippen LogP contribution in [-0.4, -0.2) is 35.0 Å². The van der Waals surface area contributed by atoms with Gasteiger partial charge in [0.25, 0.3) is 5.91 Å². The first-order valence-electron chi connectivity index (χ1n) is 7.76. The average Bonchev–Trinajstić information content (AvgIpc) is 2.57. The predicted octanol–water partition coefficient (Wildman–Crippen LogP) is 3.84. The number of carbonyl (C=O) groups is 1. The molecule has 0 unspecified atom stereocenters. The van der Waals surface area contributed by atoms with E-state index in [-0.39, 0.29) is 12.0 Å². The first-order chi connectivity index (χ1) is 11.1. The van der Waals surface area contributed by atoms with Crippen LogP contribution in [-0.2, 0) is 0 Å². The van der Waals surface area contributed by atoms with Gasteiger partial charge in [0.1, 0.15) is 11.9 Å². The molecule has 5 heteroatoms. The fourth-order valence-corrected chi connectivity index (χ4v) is 3.10. The van der Waals surface area contributed by atoms with Crippen LogP contribution >= 0.6 is 15.9 Å². The van der Waals surface area contributed by atoms with Crippen molar-refractivity contribution in [2.24, 2.45) is 0 Å². The van der Waals surface area contributed by atoms with Gasteiger partial charge >= 0.3 is 0 Å². The van der Waals surface area contributed by atoms with Gasteiger partial charge in [-0.1, -0.05) is 22.0 Å². The maximum Gasteiger partial charge on any atom is 0.253 e. The van der Waals surface area contributed by atoms with Crippen LogP contribution in [0, 0.1) is 6.92 Å². The topological polar surface area (TPSA) is 42.4 Å². The van der Waals surface area contributed by atoms with Gasteiger partial charge in [-0.3, -0.25) is 9.78 Å². The highest BCUT2D eigenvalue weighted by Gasteiger charge is 2.24. The molecular formula is C18H19BrN2O2. The molecule has 0 radical (unpaired) electrons. The van der Waals surface area contributed by atoms with E-state index in [4.69, 9.17) is 4.74 Å². The first kappa shape index (κ1) is 16.0. The summed E-state index contributed by atoms with van der Waals surface area (Å²) in [5.41, 5.74) is 1.70. The van der Waals surface area contributed by atoms with Crippen molar-refractivity contribution in [1.29, 1.82) is 0 Å². The zero-order valence-electron chi connectivity index (χ0n) is 13.0. The van der Waals surface area contributed by atoms with Crippen molar-refractivity contribution in [2.75, 3.05) is 13.1 Å². The summed E-state index contributed by atoms with van der Waals surface area (Å²) in [6.07, 6.45) is 3.58. The molecule has 1 saturated heterocycles. The van der Waals surface area contributed by atoms with Crippen molar-refractivity contribution < 1.29 is 9.53 Å². The maximum atomic E-state index is 12.5. The van der Waals surface area contributed by atoms with Crippen LogP contribution in [0.1, 0.15) is 28.9 Å². The summed E-state index contributed by atoms with van der Waals surface area (Å²) in [5, 5.41) is 0. The Morgan fingerprint density at radius 1 is 1.26 bits per heavy atom. The Kier molecular flexibility index (Phi) is 4.96. The number of ether oxygens (including phenoxy) is 1. The summed E-state index contributed by atoms with van der Waals surface area (Å²) >= 11 is 3.41. The third-order valence-corrected chi connectivity index (χ3v) is 4.48. The van der Waals surface area contributed by atoms with Crippen molar-refractivity contribution >= 4 is 21.8 Å². The molecule has 4 nitrogen and oxygen atoms in total. The number of nitrogens with zero attached hydrogens (tertiary/aromatic N) is 2. The third kappa shape index (κ3) is 4.10. The van der Waals surface area contributed by atoms with Gasteiger partial charge in [-0.2, -0.15) is 0 Å². The van der Waals surface area contributed by atoms with E-state index >= 15 is 0 Å². The van der Waals surface area contributed by atoms with Crippen molar-refractivity contribution in [3.05, 3.63) is 58.3 Å². The van der Waals surface area contributed by atoms with Gasteiger partial charge in [0.2, 0.25) is 0 Å². The lowest BCUT2D eigenvalue weighted by Gasteiger charge is -2.32. The van der Waals surface area contributed by atoms with Gasteiger partial charge in [-0.25, -0.2) is 0 Å². The number of aryl methyl sites for hydroxylation is 1. The largest absolute Gasteiger partial charge is 0.489 e. The second kappa shape index (κ2) is 7.13. The molecule has 0 atom stereocenters. The molecule has 0 N–H and O–H groups in total. The van der Waals surface area contributed by atoms with Gasteiger partial charge in [0.05, 0.1) is 6.20 Å². The fourth-order valence-electron chi connectivity index (χ4n) is 2.70. The molecule has 1 aromatic heterocycles. The van der Waals surface area contributed by atoms with Crippen LogP contribution in [0.3, 0.4) is 0 Å². The van der Waals surface area contributed by atoms with Gasteiger partial charge in [-0.15, -0.1) is 0 Å². The van der Waals surface area contributed by atoms with Crippen LogP contribution in [0.4, 0.5) is 0 Å². The third-order valence-electron chi connectivity index (χ3n) is 3.99. The summed E-state index contributed by atoms with van der Waals surface area (Å²) in [5.74, 6) is 0.883. The smallest absolute Gasteiger partial charge is 0.253 e. The van der Waals surface area contributed by atoms with Crippen LogP contribution in [0.5, 0.6) is 5.75 Å². The SMILES string of the molecule is Cc1ccc(OC2CCN(C(=O)c3cccc(Br)c3)CC2)cn1. The number of halogens is 1. The Morgan fingerprint density at radius 2 is 2.04 bits per heavy atom. The Labute approximate surface area is 144 Å². The second-order valence-corrected chi connectivity index (χ2v) is 6.67. The van der Waals surface area contributed by atoms with Gasteiger partial charge in [0, 0.05) is 41.7 Å². The molecule has 2 aromatic rings. The van der Waals surface area contributed by atoms with Crippen LogP contribution in [0.2, 0.25) is 0 Å². The minimum atomic E-state index is 0.0850. The van der Waals surface area contributed by atoms with E-state index in [1.165, 1.54) is 0 Å². The van der Waals surface area contributed by atoms with Crippen molar-refractivity contribution in [3.8, 4) is 5.75 Å². The molecule has 23 heavy (non-hydrogen) atoms. The molecule has 1 aliphatic heterocycles. The Hall–Kier alpha value is -1.88. The number of pyridine rings is 1. The van der Waals surface area contributed by atoms with Crippen LogP contribution < -0.4 is 4.74 Å². The molecule has 1 aliphatic rings. The van der Waals surface area contributed by atoms with E-state index in [1.807, 2.05) is 48.2 Å². The number of rotatable bonds is 3. The number of amides is 1. The van der Waals surface area contributed by atoms with E-state index in [0.717, 1.165) is 47.4 Å². The Balaban J connectivity index is 1.55. The van der Waals surface area contributed by atoms with Gasteiger partial charge < -0.3 is 9.64 Å². The van der Waals surface area contributed by atoms with Crippen molar-refractivity contribution in [3.63, 3.8) is 0 Å². The standard InChI is InChI=1S/C18H19BrN2O2/c1-13-5-6-17(12-20-13)23-16-7-9-21(10-8-16)18(22)14-3-2-4-15(19)11-14/h2-6,11-12,16H,7-10H2,1H3. The van der Waals surface area contributed by atoms with E-state index in [2.05, 4.69) is 20.9 Å². The highest BCUT2D eigenvalue weighted by Crippen LogP contribution is 2.20. The average molecular weight is 375 g/mol.